The molecule has 17 rings (SSSR count). The maximum atomic E-state index is 2.67. The van der Waals surface area contributed by atoms with Crippen molar-refractivity contribution < 1.29 is 0 Å². The van der Waals surface area contributed by atoms with Crippen molar-refractivity contribution in [1.29, 1.82) is 0 Å². The van der Waals surface area contributed by atoms with Crippen LogP contribution in [0.1, 0.15) is 61.7 Å². The molecule has 87 heavy (non-hydrogen) atoms. The van der Waals surface area contributed by atoms with E-state index < -0.39 is 0 Å². The Morgan fingerprint density at radius 2 is 0.885 bits per heavy atom. The Balaban J connectivity index is 1.02. The van der Waals surface area contributed by atoms with Crippen LogP contribution in [0.4, 0.5) is 62.6 Å². The molecule has 0 bridgehead atoms. The summed E-state index contributed by atoms with van der Waals surface area (Å²) in [7, 11) is 0. The second-order valence-electron chi connectivity index (χ2n) is 25.0. The van der Waals surface area contributed by atoms with Crippen molar-refractivity contribution >= 4 is 117 Å². The first-order chi connectivity index (χ1) is 42.4. The molecule has 416 valence electrons. The zero-order valence-corrected chi connectivity index (χ0v) is 51.1. The number of fused-ring (bicyclic) bond motifs is 12. The molecule has 0 N–H and O–H groups in total. The minimum absolute atomic E-state index is 0.0585. The molecule has 13 aromatic rings. The third-order valence-corrected chi connectivity index (χ3v) is 20.5. The van der Waals surface area contributed by atoms with Crippen LogP contribution in [-0.4, -0.2) is 6.71 Å². The topological polar surface area (TPSA) is 13.0 Å². The largest absolute Gasteiger partial charge is 0.329 e. The van der Waals surface area contributed by atoms with E-state index in [0.717, 1.165) is 5.69 Å². The molecule has 0 saturated heterocycles. The van der Waals surface area contributed by atoms with E-state index in [1.165, 1.54) is 182 Å². The molecule has 1 atom stereocenters. The van der Waals surface area contributed by atoms with Crippen molar-refractivity contribution in [2.24, 2.45) is 0 Å². The fourth-order valence-electron chi connectivity index (χ4n) is 15.3. The lowest BCUT2D eigenvalue weighted by Gasteiger charge is -2.48. The van der Waals surface area contributed by atoms with Crippen LogP contribution in [0.25, 0.3) is 53.6 Å². The van der Waals surface area contributed by atoms with Crippen LogP contribution in [0.3, 0.4) is 0 Å². The summed E-state index contributed by atoms with van der Waals surface area (Å²) >= 11 is 1.98. The van der Waals surface area contributed by atoms with Gasteiger partial charge in [0.05, 0.1) is 28.8 Å². The summed E-state index contributed by atoms with van der Waals surface area (Å²) < 4.78 is 2.62. The summed E-state index contributed by atoms with van der Waals surface area (Å²) in [6.07, 6.45) is 0. The average molecular weight is 1140 g/mol. The molecule has 0 fully saturated rings. The normalized spacial score (nSPS) is 14.2. The van der Waals surface area contributed by atoms with E-state index in [1.54, 1.807) is 0 Å². The molecule has 0 spiro atoms. The minimum atomic E-state index is -0.138. The van der Waals surface area contributed by atoms with Crippen LogP contribution in [0.15, 0.2) is 231 Å². The van der Waals surface area contributed by atoms with E-state index in [4.69, 9.17) is 0 Å². The van der Waals surface area contributed by atoms with Gasteiger partial charge in [-0.2, -0.15) is 0 Å². The predicted molar refractivity (Wildman–Crippen MR) is 373 cm³/mol. The second kappa shape index (κ2) is 19.3. The molecule has 6 heteroatoms. The van der Waals surface area contributed by atoms with E-state index in [0.29, 0.717) is 0 Å². The van der Waals surface area contributed by atoms with Crippen molar-refractivity contribution in [3.8, 4) is 33.4 Å². The van der Waals surface area contributed by atoms with Crippen LogP contribution >= 0.6 is 11.3 Å². The van der Waals surface area contributed by atoms with E-state index in [1.807, 2.05) is 11.3 Å². The number of hydrogen-bond acceptors (Lipinski definition) is 5. The van der Waals surface area contributed by atoms with Gasteiger partial charge >= 0.3 is 0 Å². The van der Waals surface area contributed by atoms with E-state index in [9.17, 15) is 0 Å². The zero-order chi connectivity index (χ0) is 58.7. The Labute approximate surface area is 514 Å². The predicted octanol–water partition coefficient (Wildman–Crippen LogP) is 20.6. The Morgan fingerprint density at radius 3 is 1.53 bits per heavy atom. The summed E-state index contributed by atoms with van der Waals surface area (Å²) in [4.78, 5) is 10.5. The number of anilines is 11. The molecule has 12 aromatic carbocycles. The monoisotopic (exact) mass is 1130 g/mol. The SMILES string of the molecule is Cc1ccc(N2c3ccc(C)cc3B3c4cc5sc6c7c8c(cc6c5cc4N(c4c(C)cccc4C)c4cc(-c5ccccc5)cc2c43)N(c2c(C)cccc2C)c2cc(-c3ccccc3)ccc2C8N(c2ccc(C)cc2)c2ccc(C)cc2-7)cc1. The third-order valence-electron chi connectivity index (χ3n) is 19.3. The van der Waals surface area contributed by atoms with Crippen LogP contribution in [0.2, 0.25) is 0 Å². The second-order valence-corrected chi connectivity index (χ2v) is 26.0. The first kappa shape index (κ1) is 51.5. The number of hydrogen-bond donors (Lipinski definition) is 0. The fourth-order valence-corrected chi connectivity index (χ4v) is 16.6. The maximum Gasteiger partial charge on any atom is 0.252 e. The van der Waals surface area contributed by atoms with Gasteiger partial charge in [-0.1, -0.05) is 174 Å². The number of thiophene rings is 1. The standard InChI is InChI=1S/C81H63BN4S/c1-47-25-32-59(33-26-47)83-68-38-30-50(4)40-65(68)82-66-46-74-62(44-70(66)86(79-53(7)19-16-20-54(79)8)73-43-58(42-72(83)77(73)82)56-23-13-10-14-24-56)63-45-71-76-75(81(63)87-74)64-39-49(3)29-37-67(64)84(60-34-27-48(2)28-35-60)80(76)61-36-31-57(55-21-11-9-12-22-55)41-69(61)85(71)78-51(5)17-15-18-52(78)6/h9-46,80H,1-8H3. The molecule has 4 aliphatic rings. The number of benzene rings is 12. The zero-order valence-electron chi connectivity index (χ0n) is 50.3. The van der Waals surface area contributed by atoms with Crippen LogP contribution in [0, 0.1) is 55.4 Å². The molecule has 0 aliphatic carbocycles. The average Bonchev–Trinajstić information content (AvgIpc) is 1.67. The van der Waals surface area contributed by atoms with Gasteiger partial charge < -0.3 is 19.6 Å². The Bertz CT molecular complexity index is 5000. The van der Waals surface area contributed by atoms with Crippen LogP contribution in [-0.2, 0) is 0 Å². The van der Waals surface area contributed by atoms with Crippen LogP contribution < -0.4 is 36.0 Å². The van der Waals surface area contributed by atoms with Crippen molar-refractivity contribution in [2.45, 2.75) is 61.4 Å². The quantitative estimate of drug-likeness (QED) is 0.154. The highest BCUT2D eigenvalue weighted by Crippen LogP contribution is 2.64. The number of rotatable bonds is 6. The molecule has 1 unspecified atom stereocenters. The van der Waals surface area contributed by atoms with Gasteiger partial charge in [0.2, 0.25) is 0 Å². The highest BCUT2D eigenvalue weighted by atomic mass is 32.1. The summed E-state index contributed by atoms with van der Waals surface area (Å²) in [5.41, 5.74) is 37.2. The molecule has 5 heterocycles. The van der Waals surface area contributed by atoms with Crippen LogP contribution in [0.5, 0.6) is 0 Å². The molecule has 0 amide bonds. The summed E-state index contributed by atoms with van der Waals surface area (Å²) in [5.74, 6) is 0. The first-order valence-corrected chi connectivity index (χ1v) is 31.4. The Kier molecular flexibility index (Phi) is 11.4. The Morgan fingerprint density at radius 1 is 0.356 bits per heavy atom. The molecule has 0 radical (unpaired) electrons. The van der Waals surface area contributed by atoms with Crippen molar-refractivity contribution in [3.05, 3.63) is 286 Å². The van der Waals surface area contributed by atoms with Gasteiger partial charge in [-0.15, -0.1) is 11.3 Å². The smallest absolute Gasteiger partial charge is 0.252 e. The maximum absolute atomic E-state index is 2.67. The van der Waals surface area contributed by atoms with Gasteiger partial charge in [-0.3, -0.25) is 0 Å². The third kappa shape index (κ3) is 7.70. The van der Waals surface area contributed by atoms with E-state index in [-0.39, 0.29) is 12.8 Å². The van der Waals surface area contributed by atoms with Gasteiger partial charge in [0.25, 0.3) is 6.71 Å². The van der Waals surface area contributed by atoms with Gasteiger partial charge in [0.1, 0.15) is 0 Å². The number of aryl methyl sites for hydroxylation is 8. The molecular formula is C81H63BN4S. The van der Waals surface area contributed by atoms with Crippen molar-refractivity contribution in [2.75, 3.05) is 19.6 Å². The number of para-hydroxylation sites is 2. The molecule has 4 nitrogen and oxygen atoms in total. The van der Waals surface area contributed by atoms with Crippen molar-refractivity contribution in [3.63, 3.8) is 0 Å². The summed E-state index contributed by atoms with van der Waals surface area (Å²) in [6, 6.07) is 88.2. The fraction of sp³-hybridized carbons (Fsp3) is 0.111. The molecule has 4 aliphatic heterocycles. The van der Waals surface area contributed by atoms with Gasteiger partial charge in [-0.05, 0) is 195 Å². The van der Waals surface area contributed by atoms with Gasteiger partial charge in [-0.25, -0.2) is 0 Å². The van der Waals surface area contributed by atoms with E-state index in [2.05, 4.69) is 306 Å². The Hall–Kier alpha value is -9.88. The summed E-state index contributed by atoms with van der Waals surface area (Å²) in [6.45, 7) is 18.0. The summed E-state index contributed by atoms with van der Waals surface area (Å²) in [5, 5.41) is 2.54. The van der Waals surface area contributed by atoms with Gasteiger partial charge in [0.15, 0.2) is 0 Å². The lowest BCUT2D eigenvalue weighted by Crippen LogP contribution is -2.61. The number of nitrogens with zero attached hydrogens (tertiary/aromatic N) is 4. The lowest BCUT2D eigenvalue weighted by molar-refractivity contribution is 0.796. The van der Waals surface area contributed by atoms with Crippen molar-refractivity contribution in [1.82, 2.24) is 0 Å². The lowest BCUT2D eigenvalue weighted by atomic mass is 9.33. The first-order valence-electron chi connectivity index (χ1n) is 30.6. The molecule has 1 aromatic heterocycles. The highest BCUT2D eigenvalue weighted by molar-refractivity contribution is 7.26. The van der Waals surface area contributed by atoms with Gasteiger partial charge in [0, 0.05) is 82.2 Å². The minimum Gasteiger partial charge on any atom is -0.329 e. The molecular weight excluding hydrogens is 1070 g/mol. The van der Waals surface area contributed by atoms with E-state index >= 15 is 0 Å². The highest BCUT2D eigenvalue weighted by Gasteiger charge is 2.47. The molecule has 0 saturated carbocycles.